The largest absolute Gasteiger partial charge is 0.497 e. The molecule has 0 heterocycles. The van der Waals surface area contributed by atoms with Crippen molar-refractivity contribution in [2.24, 2.45) is 10.9 Å². The minimum Gasteiger partial charge on any atom is -0.497 e. The molecule has 0 atom stereocenters. The van der Waals surface area contributed by atoms with Gasteiger partial charge in [-0.05, 0) is 23.6 Å². The summed E-state index contributed by atoms with van der Waals surface area (Å²) in [5.41, 5.74) is 1.02. The number of aliphatic imine (C=N–C) groups is 1. The predicted molar refractivity (Wildman–Crippen MR) is 89.0 cm³/mol. The molecule has 22 heavy (non-hydrogen) atoms. The van der Waals surface area contributed by atoms with Crippen molar-refractivity contribution in [3.63, 3.8) is 0 Å². The van der Waals surface area contributed by atoms with E-state index in [1.807, 2.05) is 24.3 Å². The lowest BCUT2D eigenvalue weighted by atomic mass is 10.2. The first kappa shape index (κ1) is 17.8. The number of nitrogens with zero attached hydrogens (tertiary/aromatic N) is 1. The first-order valence-corrected chi connectivity index (χ1v) is 7.39. The molecule has 1 rings (SSSR count). The molecule has 0 radical (unpaired) electrons. The Balaban J connectivity index is 2.30. The molecule has 0 saturated heterocycles. The van der Waals surface area contributed by atoms with E-state index in [-0.39, 0.29) is 12.5 Å². The lowest BCUT2D eigenvalue weighted by molar-refractivity contribution is -0.120. The van der Waals surface area contributed by atoms with Crippen LogP contribution in [0.2, 0.25) is 0 Å². The molecule has 0 bridgehead atoms. The average molecular weight is 306 g/mol. The third kappa shape index (κ3) is 6.97. The molecule has 0 saturated carbocycles. The van der Waals surface area contributed by atoms with E-state index < -0.39 is 0 Å². The van der Waals surface area contributed by atoms with E-state index in [2.05, 4.69) is 34.8 Å². The fourth-order valence-corrected chi connectivity index (χ4v) is 1.69. The van der Waals surface area contributed by atoms with Gasteiger partial charge in [-0.15, -0.1) is 0 Å². The molecule has 0 aliphatic heterocycles. The molecule has 0 aliphatic carbocycles. The van der Waals surface area contributed by atoms with Crippen LogP contribution in [0.3, 0.4) is 0 Å². The van der Waals surface area contributed by atoms with E-state index in [9.17, 15) is 4.79 Å². The molecular formula is C16H26N4O2. The summed E-state index contributed by atoms with van der Waals surface area (Å²) in [5.74, 6) is 1.87. The van der Waals surface area contributed by atoms with Crippen molar-refractivity contribution in [3.8, 4) is 5.75 Å². The molecule has 0 spiro atoms. The third-order valence-electron chi connectivity index (χ3n) is 2.97. The Morgan fingerprint density at radius 1 is 1.18 bits per heavy atom. The lowest BCUT2D eigenvalue weighted by Crippen LogP contribution is -2.43. The number of benzene rings is 1. The highest BCUT2D eigenvalue weighted by atomic mass is 16.5. The van der Waals surface area contributed by atoms with Gasteiger partial charge in [0.1, 0.15) is 5.75 Å². The topological polar surface area (TPSA) is 74.8 Å². The maximum atomic E-state index is 11.8. The molecule has 6 nitrogen and oxygen atoms in total. The van der Waals surface area contributed by atoms with E-state index in [1.165, 1.54) is 0 Å². The van der Waals surface area contributed by atoms with E-state index in [0.717, 1.165) is 17.9 Å². The summed E-state index contributed by atoms with van der Waals surface area (Å²) in [6, 6.07) is 7.60. The van der Waals surface area contributed by atoms with Crippen LogP contribution in [-0.4, -0.2) is 39.1 Å². The molecule has 1 aromatic rings. The highest BCUT2D eigenvalue weighted by Gasteiger charge is 2.04. The van der Waals surface area contributed by atoms with Gasteiger partial charge in [0.25, 0.3) is 0 Å². The number of amides is 1. The van der Waals surface area contributed by atoms with Crippen LogP contribution in [-0.2, 0) is 11.3 Å². The van der Waals surface area contributed by atoms with Gasteiger partial charge in [-0.3, -0.25) is 9.79 Å². The van der Waals surface area contributed by atoms with Crippen molar-refractivity contribution >= 4 is 11.9 Å². The van der Waals surface area contributed by atoms with E-state index in [0.29, 0.717) is 18.4 Å². The molecule has 6 heteroatoms. The molecule has 1 aromatic carbocycles. The Morgan fingerprint density at radius 3 is 2.41 bits per heavy atom. The van der Waals surface area contributed by atoms with Crippen molar-refractivity contribution in [1.29, 1.82) is 0 Å². The number of carbonyl (C=O) groups is 1. The van der Waals surface area contributed by atoms with Gasteiger partial charge in [0.2, 0.25) is 5.91 Å². The maximum absolute atomic E-state index is 11.8. The second-order valence-corrected chi connectivity index (χ2v) is 5.33. The van der Waals surface area contributed by atoms with Crippen LogP contribution >= 0.6 is 0 Å². The fraction of sp³-hybridized carbons (Fsp3) is 0.500. The summed E-state index contributed by atoms with van der Waals surface area (Å²) >= 11 is 0. The molecular weight excluding hydrogens is 280 g/mol. The van der Waals surface area contributed by atoms with Gasteiger partial charge < -0.3 is 20.7 Å². The molecule has 0 fully saturated rings. The van der Waals surface area contributed by atoms with Crippen LogP contribution in [0.1, 0.15) is 19.4 Å². The van der Waals surface area contributed by atoms with Gasteiger partial charge in [0.15, 0.2) is 5.96 Å². The maximum Gasteiger partial charge on any atom is 0.239 e. The Morgan fingerprint density at radius 2 is 1.86 bits per heavy atom. The highest BCUT2D eigenvalue weighted by Crippen LogP contribution is 2.10. The molecule has 0 aliphatic rings. The number of hydrogen-bond donors (Lipinski definition) is 3. The van der Waals surface area contributed by atoms with Gasteiger partial charge in [-0.2, -0.15) is 0 Å². The van der Waals surface area contributed by atoms with Gasteiger partial charge in [0, 0.05) is 20.1 Å². The zero-order valence-corrected chi connectivity index (χ0v) is 13.8. The summed E-state index contributed by atoms with van der Waals surface area (Å²) < 4.78 is 5.09. The summed E-state index contributed by atoms with van der Waals surface area (Å²) in [7, 11) is 3.31. The Hall–Kier alpha value is -2.24. The van der Waals surface area contributed by atoms with Crippen molar-refractivity contribution in [3.05, 3.63) is 29.8 Å². The van der Waals surface area contributed by atoms with Crippen molar-refractivity contribution in [2.75, 3.05) is 27.2 Å². The molecule has 3 N–H and O–H groups in total. The predicted octanol–water partition coefficient (Wildman–Crippen LogP) is 1.13. The fourth-order valence-electron chi connectivity index (χ4n) is 1.69. The SMILES string of the molecule is CN=C(NCC(=O)NCc1ccc(OC)cc1)NCC(C)C. The first-order valence-electron chi connectivity index (χ1n) is 7.39. The standard InChI is InChI=1S/C16H26N4O2/c1-12(2)9-19-16(17-3)20-11-15(21)18-10-13-5-7-14(22-4)8-6-13/h5-8,12H,9-11H2,1-4H3,(H,18,21)(H2,17,19,20). The molecule has 122 valence electrons. The van der Waals surface area contributed by atoms with Crippen LogP contribution in [0.5, 0.6) is 5.75 Å². The summed E-state index contributed by atoms with van der Waals surface area (Å²) in [6.07, 6.45) is 0. The Labute approximate surface area is 132 Å². The quantitative estimate of drug-likeness (QED) is 0.521. The summed E-state index contributed by atoms with van der Waals surface area (Å²) in [5, 5.41) is 9.00. The smallest absolute Gasteiger partial charge is 0.239 e. The van der Waals surface area contributed by atoms with Crippen molar-refractivity contribution in [2.45, 2.75) is 20.4 Å². The van der Waals surface area contributed by atoms with Crippen LogP contribution < -0.4 is 20.7 Å². The highest BCUT2D eigenvalue weighted by molar-refractivity contribution is 5.86. The number of ether oxygens (including phenoxy) is 1. The molecule has 0 aromatic heterocycles. The number of guanidine groups is 1. The zero-order chi connectivity index (χ0) is 16.4. The minimum absolute atomic E-state index is 0.0803. The average Bonchev–Trinajstić information content (AvgIpc) is 2.53. The van der Waals surface area contributed by atoms with Gasteiger partial charge >= 0.3 is 0 Å². The minimum atomic E-state index is -0.0803. The van der Waals surface area contributed by atoms with Crippen LogP contribution in [0.15, 0.2) is 29.3 Å². The molecule has 1 amide bonds. The number of methoxy groups -OCH3 is 1. The van der Waals surface area contributed by atoms with E-state index in [4.69, 9.17) is 4.74 Å². The van der Waals surface area contributed by atoms with Crippen LogP contribution in [0, 0.1) is 5.92 Å². The number of rotatable bonds is 7. The Kier molecular flexibility index (Phi) is 7.81. The number of carbonyl (C=O) groups excluding carboxylic acids is 1. The second-order valence-electron chi connectivity index (χ2n) is 5.33. The van der Waals surface area contributed by atoms with Gasteiger partial charge in [0.05, 0.1) is 13.7 Å². The van der Waals surface area contributed by atoms with Crippen molar-refractivity contribution < 1.29 is 9.53 Å². The van der Waals surface area contributed by atoms with Gasteiger partial charge in [-0.25, -0.2) is 0 Å². The molecule has 0 unspecified atom stereocenters. The number of hydrogen-bond acceptors (Lipinski definition) is 3. The first-order chi connectivity index (χ1) is 10.5. The van der Waals surface area contributed by atoms with Crippen molar-refractivity contribution in [1.82, 2.24) is 16.0 Å². The normalized spacial score (nSPS) is 11.2. The Bertz CT molecular complexity index is 483. The van der Waals surface area contributed by atoms with Crippen LogP contribution in [0.4, 0.5) is 0 Å². The summed E-state index contributed by atoms with van der Waals surface area (Å²) in [4.78, 5) is 15.9. The zero-order valence-electron chi connectivity index (χ0n) is 13.8. The van der Waals surface area contributed by atoms with Crippen LogP contribution in [0.25, 0.3) is 0 Å². The second kappa shape index (κ2) is 9.65. The lowest BCUT2D eigenvalue weighted by Gasteiger charge is -2.13. The van der Waals surface area contributed by atoms with Gasteiger partial charge in [-0.1, -0.05) is 26.0 Å². The third-order valence-corrected chi connectivity index (χ3v) is 2.97. The number of nitrogens with one attached hydrogen (secondary N) is 3. The monoisotopic (exact) mass is 306 g/mol. The summed E-state index contributed by atoms with van der Waals surface area (Å²) in [6.45, 7) is 5.72. The van der Waals surface area contributed by atoms with E-state index >= 15 is 0 Å². The van der Waals surface area contributed by atoms with E-state index in [1.54, 1.807) is 14.2 Å².